The van der Waals surface area contributed by atoms with Crippen LogP contribution in [-0.4, -0.2) is 33.0 Å². The standard InChI is InChI=1S/C22H24Cl2N4O2S/c1-14-6-4-7-18(15(14)2)25-21(29)13-31-22-27-26-20(28(22)3)8-5-11-30-19-10-9-16(23)12-17(19)24/h4,6-7,9-10,12H,5,8,11,13H2,1-3H3,(H,25,29). The van der Waals surface area contributed by atoms with Crippen molar-refractivity contribution in [2.24, 2.45) is 7.05 Å². The normalized spacial score (nSPS) is 10.9. The maximum Gasteiger partial charge on any atom is 0.234 e. The van der Waals surface area contributed by atoms with Gasteiger partial charge in [-0.3, -0.25) is 4.79 Å². The van der Waals surface area contributed by atoms with Crippen LogP contribution in [0.1, 0.15) is 23.4 Å². The third kappa shape index (κ3) is 6.38. The summed E-state index contributed by atoms with van der Waals surface area (Å²) in [6.07, 6.45) is 1.45. The molecule has 31 heavy (non-hydrogen) atoms. The molecule has 2 aromatic carbocycles. The fourth-order valence-electron chi connectivity index (χ4n) is 2.90. The third-order valence-corrected chi connectivity index (χ3v) is 6.38. The van der Waals surface area contributed by atoms with Crippen LogP contribution in [0, 0.1) is 13.8 Å². The predicted octanol–water partition coefficient (Wildman–Crippen LogP) is 5.48. The number of thioether (sulfide) groups is 1. The van der Waals surface area contributed by atoms with Gasteiger partial charge < -0.3 is 14.6 Å². The summed E-state index contributed by atoms with van der Waals surface area (Å²) < 4.78 is 7.62. The Morgan fingerprint density at radius 1 is 1.19 bits per heavy atom. The summed E-state index contributed by atoms with van der Waals surface area (Å²) in [4.78, 5) is 12.3. The van der Waals surface area contributed by atoms with Crippen LogP contribution in [0.5, 0.6) is 5.75 Å². The molecule has 0 bridgehead atoms. The highest BCUT2D eigenvalue weighted by molar-refractivity contribution is 7.99. The van der Waals surface area contributed by atoms with Crippen LogP contribution in [0.2, 0.25) is 10.0 Å². The molecule has 1 aromatic heterocycles. The van der Waals surface area contributed by atoms with E-state index in [0.29, 0.717) is 34.0 Å². The number of nitrogens with zero attached hydrogens (tertiary/aromatic N) is 3. The Kier molecular flexibility index (Phi) is 8.23. The minimum atomic E-state index is -0.0727. The van der Waals surface area contributed by atoms with Crippen LogP contribution >= 0.6 is 35.0 Å². The summed E-state index contributed by atoms with van der Waals surface area (Å²) in [5.74, 6) is 1.63. The first-order chi connectivity index (χ1) is 14.8. The largest absolute Gasteiger partial charge is 0.492 e. The molecular weight excluding hydrogens is 455 g/mol. The van der Waals surface area contributed by atoms with Crippen molar-refractivity contribution in [3.8, 4) is 5.75 Å². The van der Waals surface area contributed by atoms with Crippen LogP contribution in [-0.2, 0) is 18.3 Å². The maximum absolute atomic E-state index is 12.3. The lowest BCUT2D eigenvalue weighted by Crippen LogP contribution is -2.15. The van der Waals surface area contributed by atoms with Crippen molar-refractivity contribution in [3.05, 3.63) is 63.4 Å². The lowest BCUT2D eigenvalue weighted by molar-refractivity contribution is -0.113. The van der Waals surface area contributed by atoms with E-state index in [-0.39, 0.29) is 11.7 Å². The summed E-state index contributed by atoms with van der Waals surface area (Å²) in [5.41, 5.74) is 3.06. The summed E-state index contributed by atoms with van der Waals surface area (Å²) >= 11 is 13.4. The van der Waals surface area contributed by atoms with Gasteiger partial charge >= 0.3 is 0 Å². The van der Waals surface area contributed by atoms with Gasteiger partial charge in [-0.05, 0) is 55.7 Å². The Morgan fingerprint density at radius 3 is 2.77 bits per heavy atom. The van der Waals surface area contributed by atoms with E-state index in [1.165, 1.54) is 11.8 Å². The molecule has 3 rings (SSSR count). The van der Waals surface area contributed by atoms with E-state index >= 15 is 0 Å². The van der Waals surface area contributed by atoms with Crippen LogP contribution in [0.25, 0.3) is 0 Å². The maximum atomic E-state index is 12.3. The van der Waals surface area contributed by atoms with Gasteiger partial charge in [-0.15, -0.1) is 10.2 Å². The van der Waals surface area contributed by atoms with Gasteiger partial charge in [-0.25, -0.2) is 0 Å². The molecule has 0 radical (unpaired) electrons. The topological polar surface area (TPSA) is 69.0 Å². The number of rotatable bonds is 9. The Morgan fingerprint density at radius 2 is 2.00 bits per heavy atom. The molecule has 0 saturated heterocycles. The Hall–Kier alpha value is -2.22. The van der Waals surface area contributed by atoms with Gasteiger partial charge in [0.25, 0.3) is 0 Å². The van der Waals surface area contributed by atoms with Gasteiger partial charge in [0.2, 0.25) is 5.91 Å². The van der Waals surface area contributed by atoms with E-state index < -0.39 is 0 Å². The average molecular weight is 479 g/mol. The number of aryl methyl sites for hydroxylation is 2. The van der Waals surface area contributed by atoms with Crippen molar-refractivity contribution in [2.45, 2.75) is 31.8 Å². The zero-order chi connectivity index (χ0) is 22.4. The number of ether oxygens (including phenoxy) is 1. The van der Waals surface area contributed by atoms with Crippen LogP contribution in [0.15, 0.2) is 41.6 Å². The molecule has 9 heteroatoms. The first-order valence-electron chi connectivity index (χ1n) is 9.80. The summed E-state index contributed by atoms with van der Waals surface area (Å²) in [5, 5.41) is 13.2. The molecule has 0 fully saturated rings. The summed E-state index contributed by atoms with van der Waals surface area (Å²) in [6, 6.07) is 11.0. The molecule has 1 N–H and O–H groups in total. The first-order valence-corrected chi connectivity index (χ1v) is 11.5. The smallest absolute Gasteiger partial charge is 0.234 e. The Balaban J connectivity index is 1.46. The molecule has 164 valence electrons. The van der Waals surface area contributed by atoms with Crippen LogP contribution in [0.3, 0.4) is 0 Å². The second-order valence-electron chi connectivity index (χ2n) is 7.07. The molecule has 3 aromatic rings. The van der Waals surface area contributed by atoms with Gasteiger partial charge in [-0.1, -0.05) is 47.1 Å². The van der Waals surface area contributed by atoms with Crippen LogP contribution < -0.4 is 10.1 Å². The van der Waals surface area contributed by atoms with E-state index in [0.717, 1.165) is 29.1 Å². The van der Waals surface area contributed by atoms with Gasteiger partial charge in [0, 0.05) is 24.2 Å². The summed E-state index contributed by atoms with van der Waals surface area (Å²) in [6.45, 7) is 4.52. The SMILES string of the molecule is Cc1cccc(NC(=O)CSc2nnc(CCCOc3ccc(Cl)cc3Cl)n2C)c1C. The highest BCUT2D eigenvalue weighted by Gasteiger charge is 2.13. The van der Waals surface area contributed by atoms with Crippen LogP contribution in [0.4, 0.5) is 5.69 Å². The molecule has 0 unspecified atom stereocenters. The zero-order valence-electron chi connectivity index (χ0n) is 17.6. The molecule has 6 nitrogen and oxygen atoms in total. The van der Waals surface area contributed by atoms with Crippen molar-refractivity contribution in [1.29, 1.82) is 0 Å². The number of nitrogens with one attached hydrogen (secondary N) is 1. The second kappa shape index (κ2) is 10.9. The van der Waals surface area contributed by atoms with Crippen molar-refractivity contribution in [2.75, 3.05) is 17.7 Å². The molecule has 0 aliphatic heterocycles. The number of hydrogen-bond donors (Lipinski definition) is 1. The van der Waals surface area contributed by atoms with Gasteiger partial charge in [-0.2, -0.15) is 0 Å². The van der Waals surface area contributed by atoms with Crippen molar-refractivity contribution in [3.63, 3.8) is 0 Å². The molecular formula is C22H24Cl2N4O2S. The summed E-state index contributed by atoms with van der Waals surface area (Å²) in [7, 11) is 1.90. The molecule has 1 amide bonds. The number of anilines is 1. The van der Waals surface area contributed by atoms with Crippen molar-refractivity contribution < 1.29 is 9.53 Å². The highest BCUT2D eigenvalue weighted by Crippen LogP contribution is 2.27. The fourth-order valence-corrected chi connectivity index (χ4v) is 4.09. The number of benzene rings is 2. The predicted molar refractivity (Wildman–Crippen MR) is 127 cm³/mol. The third-order valence-electron chi connectivity index (χ3n) is 4.83. The molecule has 0 aliphatic rings. The van der Waals surface area contributed by atoms with Gasteiger partial charge in [0.15, 0.2) is 5.16 Å². The van der Waals surface area contributed by atoms with E-state index in [4.69, 9.17) is 27.9 Å². The highest BCUT2D eigenvalue weighted by atomic mass is 35.5. The van der Waals surface area contributed by atoms with E-state index in [2.05, 4.69) is 15.5 Å². The average Bonchev–Trinajstić information content (AvgIpc) is 3.08. The molecule has 0 atom stereocenters. The van der Waals surface area contributed by atoms with E-state index in [9.17, 15) is 4.79 Å². The monoisotopic (exact) mass is 478 g/mol. The number of halogens is 2. The lowest BCUT2D eigenvalue weighted by atomic mass is 10.1. The van der Waals surface area contributed by atoms with Gasteiger partial charge in [0.05, 0.1) is 17.4 Å². The zero-order valence-corrected chi connectivity index (χ0v) is 19.9. The van der Waals surface area contributed by atoms with E-state index in [1.54, 1.807) is 18.2 Å². The van der Waals surface area contributed by atoms with Crippen molar-refractivity contribution >= 4 is 46.6 Å². The Bertz CT molecular complexity index is 1070. The number of carbonyl (C=O) groups excluding carboxylic acids is 1. The quantitative estimate of drug-likeness (QED) is 0.325. The molecule has 0 saturated carbocycles. The van der Waals surface area contributed by atoms with E-state index in [1.807, 2.05) is 43.7 Å². The Labute approximate surface area is 196 Å². The number of amides is 1. The molecule has 1 heterocycles. The number of hydrogen-bond acceptors (Lipinski definition) is 5. The van der Waals surface area contributed by atoms with Gasteiger partial charge in [0.1, 0.15) is 11.6 Å². The molecule has 0 spiro atoms. The first kappa shape index (κ1) is 23.4. The number of aromatic nitrogens is 3. The lowest BCUT2D eigenvalue weighted by Gasteiger charge is -2.10. The van der Waals surface area contributed by atoms with Crippen molar-refractivity contribution in [1.82, 2.24) is 14.8 Å². The number of carbonyl (C=O) groups is 1. The second-order valence-corrected chi connectivity index (χ2v) is 8.86. The fraction of sp³-hybridized carbons (Fsp3) is 0.318. The minimum absolute atomic E-state index is 0.0727. The minimum Gasteiger partial charge on any atom is -0.492 e. The molecule has 0 aliphatic carbocycles.